The summed E-state index contributed by atoms with van der Waals surface area (Å²) in [6.07, 6.45) is -4.74. The van der Waals surface area contributed by atoms with Crippen LogP contribution in [0.2, 0.25) is 5.02 Å². The summed E-state index contributed by atoms with van der Waals surface area (Å²) in [5.41, 5.74) is 0.281. The Morgan fingerprint density at radius 1 is 1.22 bits per heavy atom. The quantitative estimate of drug-likeness (QED) is 0.601. The monoisotopic (exact) mass is 399 g/mol. The van der Waals surface area contributed by atoms with Crippen molar-refractivity contribution in [3.05, 3.63) is 64.2 Å². The van der Waals surface area contributed by atoms with Crippen molar-refractivity contribution in [1.29, 1.82) is 5.41 Å². The van der Waals surface area contributed by atoms with E-state index in [9.17, 15) is 18.0 Å². The molecule has 0 fully saturated rings. The van der Waals surface area contributed by atoms with E-state index in [4.69, 9.17) is 26.9 Å². The topological polar surface area (TPSA) is 70.4 Å². The van der Waals surface area contributed by atoms with Crippen LogP contribution in [-0.2, 0) is 17.6 Å². The summed E-state index contributed by atoms with van der Waals surface area (Å²) >= 11 is 5.59. The van der Waals surface area contributed by atoms with E-state index in [0.717, 1.165) is 6.07 Å². The van der Waals surface area contributed by atoms with Crippen LogP contribution in [0.5, 0.6) is 5.75 Å². The van der Waals surface area contributed by atoms with Crippen LogP contribution in [0.4, 0.5) is 13.2 Å². The van der Waals surface area contributed by atoms with Gasteiger partial charge in [-0.15, -0.1) is 0 Å². The van der Waals surface area contributed by atoms with Crippen LogP contribution in [0, 0.1) is 5.41 Å². The molecule has 8 heteroatoms. The number of nitrogens with one attached hydrogen (secondary N) is 1. The molecule has 2 aromatic rings. The number of benzene rings is 2. The number of carboxylic acids is 1. The lowest BCUT2D eigenvalue weighted by molar-refractivity contribution is -0.138. The van der Waals surface area contributed by atoms with E-state index >= 15 is 0 Å². The summed E-state index contributed by atoms with van der Waals surface area (Å²) in [6.45, 7) is 1.46. The average molecular weight is 400 g/mol. The number of aliphatic carboxylic acids is 1. The van der Waals surface area contributed by atoms with Crippen LogP contribution >= 0.6 is 11.6 Å². The maximum absolute atomic E-state index is 12.9. The second kappa shape index (κ2) is 8.43. The number of alkyl halides is 3. The SMILES string of the molecule is CC(=N)C(CC(=O)O)c1ccc(OCc2ccc(Cl)c(C(F)(F)F)c2)cc1. The van der Waals surface area contributed by atoms with Crippen LogP contribution in [0.1, 0.15) is 36.0 Å². The summed E-state index contributed by atoms with van der Waals surface area (Å²) in [6, 6.07) is 10.0. The third kappa shape index (κ3) is 5.72. The predicted octanol–water partition coefficient (Wildman–Crippen LogP) is 5.54. The third-order valence-electron chi connectivity index (χ3n) is 3.93. The Labute approximate surface area is 159 Å². The molecule has 2 aromatic carbocycles. The van der Waals surface area contributed by atoms with Gasteiger partial charge in [-0.05, 0) is 42.3 Å². The average Bonchev–Trinajstić information content (AvgIpc) is 2.58. The molecule has 27 heavy (non-hydrogen) atoms. The van der Waals surface area contributed by atoms with Crippen LogP contribution < -0.4 is 4.74 Å². The largest absolute Gasteiger partial charge is 0.489 e. The first kappa shape index (κ1) is 20.8. The molecule has 0 bridgehead atoms. The van der Waals surface area contributed by atoms with Gasteiger partial charge in [-0.3, -0.25) is 4.79 Å². The molecule has 0 aliphatic carbocycles. The Balaban J connectivity index is 2.09. The Morgan fingerprint density at radius 2 is 1.85 bits per heavy atom. The number of carboxylic acid groups (broad SMARTS) is 1. The molecule has 0 heterocycles. The van der Waals surface area contributed by atoms with Crippen molar-refractivity contribution in [1.82, 2.24) is 0 Å². The fourth-order valence-corrected chi connectivity index (χ4v) is 2.76. The molecule has 0 aliphatic heterocycles. The Bertz CT molecular complexity index is 835. The van der Waals surface area contributed by atoms with Crippen LogP contribution in [0.15, 0.2) is 42.5 Å². The fourth-order valence-electron chi connectivity index (χ4n) is 2.54. The van der Waals surface area contributed by atoms with Crippen molar-refractivity contribution in [3.63, 3.8) is 0 Å². The first-order valence-electron chi connectivity index (χ1n) is 7.93. The Hall–Kier alpha value is -2.54. The van der Waals surface area contributed by atoms with E-state index in [1.54, 1.807) is 24.3 Å². The lowest BCUT2D eigenvalue weighted by Crippen LogP contribution is -2.13. The molecular formula is C19H17ClF3NO3. The van der Waals surface area contributed by atoms with E-state index in [-0.39, 0.29) is 23.8 Å². The zero-order valence-electron chi connectivity index (χ0n) is 14.3. The molecule has 2 N–H and O–H groups in total. The molecule has 1 unspecified atom stereocenters. The van der Waals surface area contributed by atoms with E-state index in [2.05, 4.69) is 0 Å². The molecular weight excluding hydrogens is 383 g/mol. The second-order valence-electron chi connectivity index (χ2n) is 6.00. The Kier molecular flexibility index (Phi) is 6.49. The second-order valence-corrected chi connectivity index (χ2v) is 6.41. The third-order valence-corrected chi connectivity index (χ3v) is 4.26. The number of carbonyl (C=O) groups is 1. The van der Waals surface area contributed by atoms with Gasteiger partial charge in [0.2, 0.25) is 0 Å². The van der Waals surface area contributed by atoms with Gasteiger partial charge in [-0.25, -0.2) is 0 Å². The van der Waals surface area contributed by atoms with Gasteiger partial charge in [0.25, 0.3) is 0 Å². The normalized spacial score (nSPS) is 12.5. The smallest absolute Gasteiger partial charge is 0.417 e. The van der Waals surface area contributed by atoms with Crippen molar-refractivity contribution < 1.29 is 27.8 Å². The maximum Gasteiger partial charge on any atom is 0.417 e. The highest BCUT2D eigenvalue weighted by molar-refractivity contribution is 6.31. The van der Waals surface area contributed by atoms with Gasteiger partial charge >= 0.3 is 12.1 Å². The number of rotatable bonds is 7. The standard InChI is InChI=1S/C19H17ClF3NO3/c1-11(24)15(9-18(25)26)13-3-5-14(6-4-13)27-10-12-2-7-17(20)16(8-12)19(21,22)23/h2-8,15,24H,9-10H2,1H3,(H,25,26). The number of halogens is 4. The molecule has 0 aliphatic rings. The first-order chi connectivity index (χ1) is 12.6. The number of hydrogen-bond acceptors (Lipinski definition) is 3. The summed E-state index contributed by atoms with van der Waals surface area (Å²) in [5, 5.41) is 16.3. The maximum atomic E-state index is 12.9. The van der Waals surface area contributed by atoms with Crippen molar-refractivity contribution in [3.8, 4) is 5.75 Å². The summed E-state index contributed by atoms with van der Waals surface area (Å²) in [7, 11) is 0. The van der Waals surface area contributed by atoms with Crippen LogP contribution in [-0.4, -0.2) is 16.8 Å². The van der Waals surface area contributed by atoms with E-state index in [0.29, 0.717) is 16.9 Å². The van der Waals surface area contributed by atoms with Crippen molar-refractivity contribution in [2.45, 2.75) is 32.0 Å². The van der Waals surface area contributed by atoms with Gasteiger partial charge in [-0.1, -0.05) is 29.8 Å². The lowest BCUT2D eigenvalue weighted by Gasteiger charge is -2.15. The summed E-state index contributed by atoms with van der Waals surface area (Å²) < 4.78 is 44.1. The van der Waals surface area contributed by atoms with Gasteiger partial charge in [0.05, 0.1) is 17.0 Å². The fraction of sp³-hybridized carbons (Fsp3) is 0.263. The Morgan fingerprint density at radius 3 is 2.37 bits per heavy atom. The molecule has 0 saturated heterocycles. The van der Waals surface area contributed by atoms with Crippen molar-refractivity contribution in [2.75, 3.05) is 0 Å². The van der Waals surface area contributed by atoms with Crippen LogP contribution in [0.3, 0.4) is 0 Å². The molecule has 1 atom stereocenters. The van der Waals surface area contributed by atoms with Crippen LogP contribution in [0.25, 0.3) is 0 Å². The lowest BCUT2D eigenvalue weighted by atomic mass is 9.92. The van der Waals surface area contributed by atoms with Crippen molar-refractivity contribution in [2.24, 2.45) is 0 Å². The van der Waals surface area contributed by atoms with Gasteiger partial charge < -0.3 is 15.3 Å². The molecule has 0 aromatic heterocycles. The van der Waals surface area contributed by atoms with E-state index in [1.165, 1.54) is 19.1 Å². The molecule has 4 nitrogen and oxygen atoms in total. The highest BCUT2D eigenvalue weighted by atomic mass is 35.5. The van der Waals surface area contributed by atoms with Gasteiger partial charge in [0.1, 0.15) is 12.4 Å². The van der Waals surface area contributed by atoms with Gasteiger partial charge in [-0.2, -0.15) is 13.2 Å². The molecule has 0 radical (unpaired) electrons. The minimum atomic E-state index is -4.54. The van der Waals surface area contributed by atoms with Crippen molar-refractivity contribution >= 4 is 23.3 Å². The molecule has 0 spiro atoms. The first-order valence-corrected chi connectivity index (χ1v) is 8.31. The summed E-state index contributed by atoms with van der Waals surface area (Å²) in [5.74, 6) is -1.13. The van der Waals surface area contributed by atoms with Gasteiger partial charge in [0, 0.05) is 11.6 Å². The minimum Gasteiger partial charge on any atom is -0.489 e. The van der Waals surface area contributed by atoms with E-state index in [1.807, 2.05) is 0 Å². The number of hydrogen-bond donors (Lipinski definition) is 2. The molecule has 144 valence electrons. The zero-order valence-corrected chi connectivity index (χ0v) is 15.1. The molecule has 2 rings (SSSR count). The number of ether oxygens (including phenoxy) is 1. The predicted molar refractivity (Wildman–Crippen MR) is 95.6 cm³/mol. The highest BCUT2D eigenvalue weighted by Gasteiger charge is 2.33. The minimum absolute atomic E-state index is 0.0816. The van der Waals surface area contributed by atoms with Gasteiger partial charge in [0.15, 0.2) is 0 Å². The molecule has 0 amide bonds. The molecule has 0 saturated carbocycles. The highest BCUT2D eigenvalue weighted by Crippen LogP contribution is 2.35. The van der Waals surface area contributed by atoms with E-state index < -0.39 is 23.6 Å². The summed E-state index contributed by atoms with van der Waals surface area (Å²) in [4.78, 5) is 10.9. The zero-order chi connectivity index (χ0) is 20.2.